The third-order valence-corrected chi connectivity index (χ3v) is 4.73. The highest BCUT2D eigenvalue weighted by atomic mass is 32.2. The molecule has 2 heterocycles. The highest BCUT2D eigenvalue weighted by Gasteiger charge is 2.38. The van der Waals surface area contributed by atoms with Crippen LogP contribution in [0.3, 0.4) is 0 Å². The van der Waals surface area contributed by atoms with Crippen LogP contribution in [0.5, 0.6) is 0 Å². The SMILES string of the molecule is CC(C)(C#N)CCN1CC2CC1CS2. The van der Waals surface area contributed by atoms with Crippen LogP contribution >= 0.6 is 11.8 Å². The number of fused-ring (bicyclic) bond motifs is 2. The van der Waals surface area contributed by atoms with Gasteiger partial charge < -0.3 is 0 Å². The second kappa shape index (κ2) is 3.75. The summed E-state index contributed by atoms with van der Waals surface area (Å²) >= 11 is 2.13. The topological polar surface area (TPSA) is 27.0 Å². The molecular weight excluding hydrogens is 192 g/mol. The zero-order valence-electron chi connectivity index (χ0n) is 8.99. The van der Waals surface area contributed by atoms with E-state index >= 15 is 0 Å². The van der Waals surface area contributed by atoms with Gasteiger partial charge in [0.05, 0.1) is 11.5 Å². The van der Waals surface area contributed by atoms with Crippen molar-refractivity contribution in [3.05, 3.63) is 0 Å². The average molecular weight is 210 g/mol. The van der Waals surface area contributed by atoms with Gasteiger partial charge in [0.25, 0.3) is 0 Å². The first kappa shape index (κ1) is 10.3. The quantitative estimate of drug-likeness (QED) is 0.714. The minimum Gasteiger partial charge on any atom is -0.298 e. The van der Waals surface area contributed by atoms with Crippen molar-refractivity contribution in [3.63, 3.8) is 0 Å². The number of rotatable bonds is 3. The van der Waals surface area contributed by atoms with E-state index in [4.69, 9.17) is 5.26 Å². The minimum atomic E-state index is -0.144. The summed E-state index contributed by atoms with van der Waals surface area (Å²) < 4.78 is 0. The van der Waals surface area contributed by atoms with Gasteiger partial charge in [-0.1, -0.05) is 0 Å². The van der Waals surface area contributed by atoms with Gasteiger partial charge >= 0.3 is 0 Å². The molecular formula is C11H18N2S. The molecule has 0 aromatic heterocycles. The van der Waals surface area contributed by atoms with Crippen LogP contribution in [-0.2, 0) is 0 Å². The Morgan fingerprint density at radius 2 is 2.36 bits per heavy atom. The molecule has 2 atom stereocenters. The van der Waals surface area contributed by atoms with Gasteiger partial charge in [-0.25, -0.2) is 0 Å². The highest BCUT2D eigenvalue weighted by molar-refractivity contribution is 8.00. The van der Waals surface area contributed by atoms with Gasteiger partial charge in [-0.05, 0) is 26.7 Å². The van der Waals surface area contributed by atoms with E-state index in [0.29, 0.717) is 0 Å². The second-order valence-electron chi connectivity index (χ2n) is 5.09. The van der Waals surface area contributed by atoms with Gasteiger partial charge in [-0.2, -0.15) is 17.0 Å². The van der Waals surface area contributed by atoms with E-state index < -0.39 is 0 Å². The Balaban J connectivity index is 1.80. The van der Waals surface area contributed by atoms with Crippen LogP contribution < -0.4 is 0 Å². The van der Waals surface area contributed by atoms with E-state index in [2.05, 4.69) is 22.7 Å². The van der Waals surface area contributed by atoms with Crippen LogP contribution in [0.1, 0.15) is 26.7 Å². The van der Waals surface area contributed by atoms with Gasteiger partial charge in [-0.3, -0.25) is 4.90 Å². The van der Waals surface area contributed by atoms with Crippen molar-refractivity contribution in [2.45, 2.75) is 38.0 Å². The maximum Gasteiger partial charge on any atom is 0.0684 e. The fourth-order valence-electron chi connectivity index (χ4n) is 2.23. The Morgan fingerprint density at radius 1 is 1.57 bits per heavy atom. The van der Waals surface area contributed by atoms with Crippen molar-refractivity contribution in [3.8, 4) is 6.07 Å². The molecule has 2 aliphatic rings. The van der Waals surface area contributed by atoms with E-state index in [9.17, 15) is 0 Å². The van der Waals surface area contributed by atoms with E-state index in [1.165, 1.54) is 18.7 Å². The van der Waals surface area contributed by atoms with Crippen LogP contribution in [0.15, 0.2) is 0 Å². The molecule has 2 unspecified atom stereocenters. The lowest BCUT2D eigenvalue weighted by Gasteiger charge is -2.28. The molecule has 0 aromatic carbocycles. The number of hydrogen-bond donors (Lipinski definition) is 0. The summed E-state index contributed by atoms with van der Waals surface area (Å²) in [4.78, 5) is 2.58. The van der Waals surface area contributed by atoms with Crippen molar-refractivity contribution < 1.29 is 0 Å². The summed E-state index contributed by atoms with van der Waals surface area (Å²) in [7, 11) is 0. The summed E-state index contributed by atoms with van der Waals surface area (Å²) in [5, 5.41) is 9.82. The lowest BCUT2D eigenvalue weighted by molar-refractivity contribution is 0.238. The summed E-state index contributed by atoms with van der Waals surface area (Å²) in [6, 6.07) is 3.20. The maximum absolute atomic E-state index is 8.93. The van der Waals surface area contributed by atoms with Crippen LogP contribution in [0.4, 0.5) is 0 Å². The third kappa shape index (κ3) is 2.07. The summed E-state index contributed by atoms with van der Waals surface area (Å²) in [6.45, 7) is 6.45. The summed E-state index contributed by atoms with van der Waals surface area (Å²) in [5.74, 6) is 1.32. The predicted octanol–water partition coefficient (Wildman–Crippen LogP) is 2.12. The normalized spacial score (nSPS) is 32.1. The molecule has 3 heteroatoms. The highest BCUT2D eigenvalue weighted by Crippen LogP contribution is 2.37. The first-order valence-corrected chi connectivity index (χ1v) is 6.42. The Bertz CT molecular complexity index is 257. The van der Waals surface area contributed by atoms with Crippen LogP contribution in [0, 0.1) is 16.7 Å². The molecule has 2 nitrogen and oxygen atoms in total. The van der Waals surface area contributed by atoms with E-state index in [1.54, 1.807) is 0 Å². The lowest BCUT2D eigenvalue weighted by Crippen LogP contribution is -2.36. The van der Waals surface area contributed by atoms with Crippen molar-refractivity contribution in [2.24, 2.45) is 5.41 Å². The second-order valence-corrected chi connectivity index (χ2v) is 6.42. The largest absolute Gasteiger partial charge is 0.298 e. The molecule has 0 radical (unpaired) electrons. The molecule has 0 saturated carbocycles. The molecule has 2 saturated heterocycles. The number of nitrogens with zero attached hydrogens (tertiary/aromatic N) is 2. The molecule has 14 heavy (non-hydrogen) atoms. The molecule has 2 aliphatic heterocycles. The van der Waals surface area contributed by atoms with Gasteiger partial charge in [0.15, 0.2) is 0 Å². The Hall–Kier alpha value is -0.200. The molecule has 0 aliphatic carbocycles. The lowest BCUT2D eigenvalue weighted by atomic mass is 9.91. The molecule has 0 aromatic rings. The Morgan fingerprint density at radius 3 is 2.86 bits per heavy atom. The summed E-state index contributed by atoms with van der Waals surface area (Å²) in [6.07, 6.45) is 2.40. The van der Waals surface area contributed by atoms with Gasteiger partial charge in [0.1, 0.15) is 0 Å². The monoisotopic (exact) mass is 210 g/mol. The Kier molecular flexibility index (Phi) is 2.77. The molecule has 0 N–H and O–H groups in total. The van der Waals surface area contributed by atoms with E-state index in [-0.39, 0.29) is 5.41 Å². The minimum absolute atomic E-state index is 0.144. The molecule has 78 valence electrons. The number of likely N-dealkylation sites (tertiary alicyclic amines) is 1. The van der Waals surface area contributed by atoms with E-state index in [0.717, 1.165) is 24.3 Å². The first-order valence-electron chi connectivity index (χ1n) is 5.38. The van der Waals surface area contributed by atoms with Crippen LogP contribution in [0.2, 0.25) is 0 Å². The van der Waals surface area contributed by atoms with Gasteiger partial charge in [-0.15, -0.1) is 0 Å². The Labute approximate surface area is 90.7 Å². The molecule has 0 amide bonds. The van der Waals surface area contributed by atoms with Crippen molar-refractivity contribution >= 4 is 11.8 Å². The molecule has 0 spiro atoms. The van der Waals surface area contributed by atoms with E-state index in [1.807, 2.05) is 13.8 Å². The van der Waals surface area contributed by atoms with Crippen molar-refractivity contribution in [1.29, 1.82) is 5.26 Å². The molecule has 2 fully saturated rings. The summed E-state index contributed by atoms with van der Waals surface area (Å²) in [5.41, 5.74) is -0.144. The fraction of sp³-hybridized carbons (Fsp3) is 0.909. The predicted molar refractivity (Wildman–Crippen MR) is 60.2 cm³/mol. The fourth-order valence-corrected chi connectivity index (χ4v) is 3.73. The standard InChI is InChI=1S/C11H18N2S/c1-11(2,8-12)3-4-13-6-10-5-9(13)7-14-10/h9-10H,3-7H2,1-2H3. The smallest absolute Gasteiger partial charge is 0.0684 e. The first-order chi connectivity index (χ1) is 6.61. The van der Waals surface area contributed by atoms with Crippen LogP contribution in [0.25, 0.3) is 0 Å². The zero-order valence-corrected chi connectivity index (χ0v) is 9.81. The van der Waals surface area contributed by atoms with Gasteiger partial charge in [0.2, 0.25) is 0 Å². The van der Waals surface area contributed by atoms with Gasteiger partial charge in [0, 0.05) is 30.1 Å². The molecule has 2 rings (SSSR count). The number of nitriles is 1. The maximum atomic E-state index is 8.93. The third-order valence-electron chi connectivity index (χ3n) is 3.34. The van der Waals surface area contributed by atoms with Crippen molar-refractivity contribution in [2.75, 3.05) is 18.8 Å². The zero-order chi connectivity index (χ0) is 10.2. The van der Waals surface area contributed by atoms with Crippen LogP contribution in [-0.4, -0.2) is 35.0 Å². The average Bonchev–Trinajstić information content (AvgIpc) is 2.76. The van der Waals surface area contributed by atoms with Crippen molar-refractivity contribution in [1.82, 2.24) is 4.90 Å². The number of hydrogen-bond acceptors (Lipinski definition) is 3. The molecule has 2 bridgehead atoms. The number of thioether (sulfide) groups is 1.